The average molecular weight is 362 g/mol. The zero-order valence-corrected chi connectivity index (χ0v) is 12.0. The first-order valence-corrected chi connectivity index (χ1v) is 7.02. The first-order valence-electron chi connectivity index (χ1n) is 5.95. The summed E-state index contributed by atoms with van der Waals surface area (Å²) in [5.41, 5.74) is 0.690. The van der Waals surface area contributed by atoms with Crippen LogP contribution in [0.4, 0.5) is 11.4 Å². The molecule has 6 heteroatoms. The minimum atomic E-state index is -0.359. The van der Waals surface area contributed by atoms with Crippen LogP contribution in [0.1, 0.15) is 25.7 Å². The van der Waals surface area contributed by atoms with Crippen molar-refractivity contribution in [3.8, 4) is 0 Å². The molecule has 1 aliphatic carbocycles. The summed E-state index contributed by atoms with van der Waals surface area (Å²) < 4.78 is 0.851. The van der Waals surface area contributed by atoms with Gasteiger partial charge in [-0.15, -0.1) is 0 Å². The Hall–Kier alpha value is -0.890. The molecule has 0 unspecified atom stereocenters. The Morgan fingerprint density at radius 1 is 1.33 bits per heavy atom. The number of rotatable bonds is 3. The molecular weight excluding hydrogens is 347 g/mol. The second kappa shape index (κ2) is 5.83. The standard InChI is InChI=1S/C12H15IN2O3/c13-8-1-6-11(12(7-8)15(17)18)14-9-2-4-10(16)5-3-9/h1,6-7,9-10,14,16H,2-5H2. The van der Waals surface area contributed by atoms with E-state index in [4.69, 9.17) is 0 Å². The molecule has 0 saturated heterocycles. The van der Waals surface area contributed by atoms with Crippen LogP contribution in [0, 0.1) is 13.7 Å². The Balaban J connectivity index is 2.11. The molecule has 18 heavy (non-hydrogen) atoms. The van der Waals surface area contributed by atoms with Gasteiger partial charge in [0.05, 0.1) is 11.0 Å². The predicted octanol–water partition coefficient (Wildman–Crippen LogP) is 2.91. The van der Waals surface area contributed by atoms with Gasteiger partial charge in [-0.3, -0.25) is 10.1 Å². The van der Waals surface area contributed by atoms with Gasteiger partial charge in [-0.25, -0.2) is 0 Å². The Morgan fingerprint density at radius 3 is 2.61 bits per heavy atom. The minimum Gasteiger partial charge on any atom is -0.393 e. The number of hydrogen-bond donors (Lipinski definition) is 2. The zero-order valence-electron chi connectivity index (χ0n) is 9.80. The normalized spacial score (nSPS) is 23.7. The monoisotopic (exact) mass is 362 g/mol. The van der Waals surface area contributed by atoms with Gasteiger partial charge in [-0.1, -0.05) is 0 Å². The molecule has 2 rings (SSSR count). The summed E-state index contributed by atoms with van der Waals surface area (Å²) in [6.07, 6.45) is 3.01. The van der Waals surface area contributed by atoms with Gasteiger partial charge >= 0.3 is 0 Å². The lowest BCUT2D eigenvalue weighted by Crippen LogP contribution is -2.28. The maximum Gasteiger partial charge on any atom is 0.293 e. The molecule has 0 aliphatic heterocycles. The fourth-order valence-electron chi connectivity index (χ4n) is 2.22. The predicted molar refractivity (Wildman–Crippen MR) is 77.7 cm³/mol. The fourth-order valence-corrected chi connectivity index (χ4v) is 2.69. The summed E-state index contributed by atoms with van der Waals surface area (Å²) in [7, 11) is 0. The Kier molecular flexibility index (Phi) is 4.39. The number of nitro benzene ring substituents is 1. The number of halogens is 1. The molecule has 2 N–H and O–H groups in total. The molecule has 0 radical (unpaired) electrons. The summed E-state index contributed by atoms with van der Waals surface area (Å²) in [6.45, 7) is 0. The molecule has 1 aliphatic rings. The number of aliphatic hydroxyl groups is 1. The summed E-state index contributed by atoms with van der Waals surface area (Å²) in [5.74, 6) is 0. The molecule has 98 valence electrons. The van der Waals surface area contributed by atoms with E-state index in [1.54, 1.807) is 12.1 Å². The minimum absolute atomic E-state index is 0.119. The van der Waals surface area contributed by atoms with Crippen LogP contribution >= 0.6 is 22.6 Å². The lowest BCUT2D eigenvalue weighted by atomic mass is 9.93. The number of benzene rings is 1. The summed E-state index contributed by atoms with van der Waals surface area (Å²) >= 11 is 2.06. The third kappa shape index (κ3) is 3.32. The van der Waals surface area contributed by atoms with Gasteiger partial charge in [-0.2, -0.15) is 0 Å². The highest BCUT2D eigenvalue weighted by molar-refractivity contribution is 14.1. The van der Waals surface area contributed by atoms with Crippen LogP contribution in [0.3, 0.4) is 0 Å². The quantitative estimate of drug-likeness (QED) is 0.493. The van der Waals surface area contributed by atoms with Gasteiger partial charge in [0.1, 0.15) is 5.69 Å². The van der Waals surface area contributed by atoms with Crippen molar-refractivity contribution in [3.63, 3.8) is 0 Å². The van der Waals surface area contributed by atoms with Crippen LogP contribution in [0.2, 0.25) is 0 Å². The summed E-state index contributed by atoms with van der Waals surface area (Å²) in [5, 5.41) is 23.6. The van der Waals surface area contributed by atoms with Gasteiger partial charge < -0.3 is 10.4 Å². The molecule has 1 aromatic rings. The van der Waals surface area contributed by atoms with Crippen molar-refractivity contribution in [1.82, 2.24) is 0 Å². The lowest BCUT2D eigenvalue weighted by Gasteiger charge is -2.26. The first kappa shape index (κ1) is 13.5. The fraction of sp³-hybridized carbons (Fsp3) is 0.500. The van der Waals surface area contributed by atoms with Crippen LogP contribution < -0.4 is 5.32 Å². The number of nitro groups is 1. The third-order valence-corrected chi connectivity index (χ3v) is 3.88. The summed E-state index contributed by atoms with van der Waals surface area (Å²) in [6, 6.07) is 5.39. The molecule has 0 aromatic heterocycles. The van der Waals surface area contributed by atoms with Gasteiger partial charge in [-0.05, 0) is 60.4 Å². The molecule has 0 heterocycles. The van der Waals surface area contributed by atoms with Crippen LogP contribution in [-0.2, 0) is 0 Å². The van der Waals surface area contributed by atoms with Crippen LogP contribution in [-0.4, -0.2) is 22.2 Å². The second-order valence-corrected chi connectivity index (χ2v) is 5.81. The van der Waals surface area contributed by atoms with E-state index in [9.17, 15) is 15.2 Å². The van der Waals surface area contributed by atoms with Crippen molar-refractivity contribution in [2.75, 3.05) is 5.32 Å². The highest BCUT2D eigenvalue weighted by Gasteiger charge is 2.22. The molecule has 1 aromatic carbocycles. The molecule has 0 bridgehead atoms. The molecular formula is C12H15IN2O3. The van der Waals surface area contributed by atoms with Crippen LogP contribution in [0.15, 0.2) is 18.2 Å². The van der Waals surface area contributed by atoms with Crippen LogP contribution in [0.5, 0.6) is 0 Å². The molecule has 1 saturated carbocycles. The molecule has 0 spiro atoms. The highest BCUT2D eigenvalue weighted by atomic mass is 127. The topological polar surface area (TPSA) is 75.4 Å². The summed E-state index contributed by atoms with van der Waals surface area (Å²) in [4.78, 5) is 10.6. The van der Waals surface area contributed by atoms with Crippen molar-refractivity contribution in [1.29, 1.82) is 0 Å². The molecule has 5 nitrogen and oxygen atoms in total. The van der Waals surface area contributed by atoms with E-state index >= 15 is 0 Å². The van der Waals surface area contributed by atoms with Gasteiger partial charge in [0.15, 0.2) is 0 Å². The maximum atomic E-state index is 11.0. The smallest absolute Gasteiger partial charge is 0.293 e. The molecule has 0 amide bonds. The van der Waals surface area contributed by atoms with Gasteiger partial charge in [0.25, 0.3) is 5.69 Å². The Morgan fingerprint density at radius 2 is 2.00 bits per heavy atom. The number of nitrogens with one attached hydrogen (secondary N) is 1. The number of nitrogens with zero attached hydrogens (tertiary/aromatic N) is 1. The average Bonchev–Trinajstić information content (AvgIpc) is 2.34. The Labute approximate surface area is 119 Å². The van der Waals surface area contributed by atoms with Gasteiger partial charge in [0.2, 0.25) is 0 Å². The number of hydrogen-bond acceptors (Lipinski definition) is 4. The van der Waals surface area contributed by atoms with E-state index in [1.807, 2.05) is 6.07 Å². The van der Waals surface area contributed by atoms with Crippen molar-refractivity contribution in [2.24, 2.45) is 0 Å². The largest absolute Gasteiger partial charge is 0.393 e. The SMILES string of the molecule is O=[N+]([O-])c1cc(I)ccc1NC1CCC(O)CC1. The number of anilines is 1. The van der Waals surface area contributed by atoms with E-state index in [1.165, 1.54) is 0 Å². The van der Waals surface area contributed by atoms with E-state index < -0.39 is 0 Å². The van der Waals surface area contributed by atoms with Crippen molar-refractivity contribution >= 4 is 34.0 Å². The van der Waals surface area contributed by atoms with E-state index in [-0.39, 0.29) is 22.8 Å². The molecule has 0 atom stereocenters. The van der Waals surface area contributed by atoms with Crippen LogP contribution in [0.25, 0.3) is 0 Å². The third-order valence-electron chi connectivity index (χ3n) is 3.21. The first-order chi connectivity index (χ1) is 8.56. The second-order valence-electron chi connectivity index (χ2n) is 4.57. The van der Waals surface area contributed by atoms with Crippen molar-refractivity contribution in [3.05, 3.63) is 31.9 Å². The van der Waals surface area contributed by atoms with E-state index in [2.05, 4.69) is 27.9 Å². The zero-order chi connectivity index (χ0) is 13.1. The maximum absolute atomic E-state index is 11.0. The van der Waals surface area contributed by atoms with Gasteiger partial charge in [0, 0.05) is 15.7 Å². The molecule has 1 fully saturated rings. The lowest BCUT2D eigenvalue weighted by molar-refractivity contribution is -0.384. The van der Waals surface area contributed by atoms with E-state index in [0.29, 0.717) is 5.69 Å². The highest BCUT2D eigenvalue weighted by Crippen LogP contribution is 2.29. The van der Waals surface area contributed by atoms with E-state index in [0.717, 1.165) is 29.3 Å². The van der Waals surface area contributed by atoms with Crippen molar-refractivity contribution < 1.29 is 10.0 Å². The Bertz CT molecular complexity index is 445. The van der Waals surface area contributed by atoms with Crippen molar-refractivity contribution in [2.45, 2.75) is 37.8 Å². The number of aliphatic hydroxyl groups excluding tert-OH is 1.